The van der Waals surface area contributed by atoms with Gasteiger partial charge >= 0.3 is 6.03 Å². The van der Waals surface area contributed by atoms with E-state index in [0.29, 0.717) is 42.5 Å². The average Bonchev–Trinajstić information content (AvgIpc) is 2.64. The number of urea groups is 1. The Hall–Kier alpha value is -2.53. The van der Waals surface area contributed by atoms with Crippen LogP contribution in [0, 0.1) is 0 Å². The molecule has 124 valence electrons. The number of halogens is 1. The second-order valence-corrected chi connectivity index (χ2v) is 5.96. The number of rotatable bonds is 2. The largest absolute Gasteiger partial charge is 0.335 e. The number of amides is 3. The molecule has 3 amide bonds. The monoisotopic (exact) mass is 343 g/mol. The highest BCUT2D eigenvalue weighted by Gasteiger charge is 2.25. The van der Waals surface area contributed by atoms with E-state index >= 15 is 0 Å². The van der Waals surface area contributed by atoms with Crippen LogP contribution >= 0.6 is 11.6 Å². The smallest absolute Gasteiger partial charge is 0.322 e. The molecule has 2 aromatic rings. The Morgan fingerprint density at radius 2 is 1.42 bits per heavy atom. The number of anilines is 1. The second-order valence-electron chi connectivity index (χ2n) is 5.56. The van der Waals surface area contributed by atoms with Crippen LogP contribution in [0.1, 0.15) is 10.4 Å². The summed E-state index contributed by atoms with van der Waals surface area (Å²) in [4.78, 5) is 28.2. The maximum Gasteiger partial charge on any atom is 0.322 e. The van der Waals surface area contributed by atoms with Gasteiger partial charge in [-0.25, -0.2) is 4.79 Å². The summed E-state index contributed by atoms with van der Waals surface area (Å²) in [7, 11) is 0. The summed E-state index contributed by atoms with van der Waals surface area (Å²) in [6.45, 7) is 2.02. The zero-order valence-electron chi connectivity index (χ0n) is 13.1. The molecule has 1 heterocycles. The van der Waals surface area contributed by atoms with Crippen molar-refractivity contribution in [2.45, 2.75) is 0 Å². The molecule has 0 radical (unpaired) electrons. The summed E-state index contributed by atoms with van der Waals surface area (Å²) >= 11 is 6.05. The first-order chi connectivity index (χ1) is 11.6. The van der Waals surface area contributed by atoms with Gasteiger partial charge in [-0.05, 0) is 24.3 Å². The molecule has 6 heteroatoms. The van der Waals surface area contributed by atoms with Gasteiger partial charge in [0, 0.05) is 31.7 Å². The number of hydrogen-bond donors (Lipinski definition) is 1. The maximum absolute atomic E-state index is 12.4. The molecule has 1 fully saturated rings. The van der Waals surface area contributed by atoms with Crippen molar-refractivity contribution in [2.75, 3.05) is 31.5 Å². The lowest BCUT2D eigenvalue weighted by atomic mass is 10.2. The lowest BCUT2D eigenvalue weighted by Crippen LogP contribution is -2.51. The zero-order chi connectivity index (χ0) is 16.9. The van der Waals surface area contributed by atoms with E-state index < -0.39 is 0 Å². The SMILES string of the molecule is O=C(Nc1ccccc1Cl)N1CCN(C(=O)c2ccccc2)CC1. The molecule has 5 nitrogen and oxygen atoms in total. The Balaban J connectivity index is 1.56. The van der Waals surface area contributed by atoms with E-state index in [1.807, 2.05) is 30.3 Å². The fourth-order valence-electron chi connectivity index (χ4n) is 2.63. The van der Waals surface area contributed by atoms with Gasteiger partial charge in [0.25, 0.3) is 5.91 Å². The van der Waals surface area contributed by atoms with Crippen LogP contribution in [0.3, 0.4) is 0 Å². The van der Waals surface area contributed by atoms with Crippen molar-refractivity contribution in [3.63, 3.8) is 0 Å². The molecule has 0 saturated carbocycles. The molecule has 1 aliphatic rings. The van der Waals surface area contributed by atoms with Gasteiger partial charge in [0.2, 0.25) is 0 Å². The molecule has 3 rings (SSSR count). The summed E-state index contributed by atoms with van der Waals surface area (Å²) in [5.74, 6) is 0.00163. The molecule has 0 spiro atoms. The van der Waals surface area contributed by atoms with Gasteiger partial charge in [0.05, 0.1) is 10.7 Å². The minimum atomic E-state index is -0.199. The van der Waals surface area contributed by atoms with Crippen LogP contribution in [0.4, 0.5) is 10.5 Å². The zero-order valence-corrected chi connectivity index (χ0v) is 13.9. The Kier molecular flexibility index (Phi) is 5.01. The van der Waals surface area contributed by atoms with E-state index in [-0.39, 0.29) is 11.9 Å². The molecule has 0 aliphatic carbocycles. The molecule has 0 bridgehead atoms. The Morgan fingerprint density at radius 1 is 0.833 bits per heavy atom. The second kappa shape index (κ2) is 7.36. The minimum absolute atomic E-state index is 0.00163. The van der Waals surface area contributed by atoms with E-state index in [1.165, 1.54) is 0 Å². The number of nitrogens with zero attached hydrogens (tertiary/aromatic N) is 2. The third-order valence-electron chi connectivity index (χ3n) is 3.99. The van der Waals surface area contributed by atoms with Crippen molar-refractivity contribution in [1.82, 2.24) is 9.80 Å². The van der Waals surface area contributed by atoms with E-state index in [4.69, 9.17) is 11.6 Å². The number of nitrogens with one attached hydrogen (secondary N) is 1. The van der Waals surface area contributed by atoms with Crippen molar-refractivity contribution in [3.8, 4) is 0 Å². The Labute approximate surface area is 145 Å². The van der Waals surface area contributed by atoms with Crippen LogP contribution in [0.25, 0.3) is 0 Å². The molecule has 1 N–H and O–H groups in total. The van der Waals surface area contributed by atoms with Crippen LogP contribution in [0.2, 0.25) is 5.02 Å². The highest BCUT2D eigenvalue weighted by molar-refractivity contribution is 6.33. The number of hydrogen-bond acceptors (Lipinski definition) is 2. The normalized spacial score (nSPS) is 14.4. The van der Waals surface area contributed by atoms with Crippen molar-refractivity contribution in [3.05, 3.63) is 65.2 Å². The number of carbonyl (C=O) groups excluding carboxylic acids is 2. The highest BCUT2D eigenvalue weighted by atomic mass is 35.5. The lowest BCUT2D eigenvalue weighted by Gasteiger charge is -2.34. The quantitative estimate of drug-likeness (QED) is 0.909. The van der Waals surface area contributed by atoms with Crippen molar-refractivity contribution < 1.29 is 9.59 Å². The van der Waals surface area contributed by atoms with Gasteiger partial charge in [-0.15, -0.1) is 0 Å². The standard InChI is InChI=1S/C18H18ClN3O2/c19-15-8-4-5-9-16(15)20-18(24)22-12-10-21(11-13-22)17(23)14-6-2-1-3-7-14/h1-9H,10-13H2,(H,20,24). The first kappa shape index (κ1) is 16.3. The van der Waals surface area contributed by atoms with Crippen LogP contribution in [0.5, 0.6) is 0 Å². The van der Waals surface area contributed by atoms with E-state index in [2.05, 4.69) is 5.32 Å². The summed E-state index contributed by atoms with van der Waals surface area (Å²) in [6, 6.07) is 16.1. The minimum Gasteiger partial charge on any atom is -0.335 e. The third kappa shape index (κ3) is 3.68. The van der Waals surface area contributed by atoms with Gasteiger partial charge < -0.3 is 15.1 Å². The summed E-state index contributed by atoms with van der Waals surface area (Å²) in [5.41, 5.74) is 1.26. The Bertz CT molecular complexity index is 728. The van der Waals surface area contributed by atoms with Crippen LogP contribution in [0.15, 0.2) is 54.6 Å². The molecular weight excluding hydrogens is 326 g/mol. The summed E-state index contributed by atoms with van der Waals surface area (Å²) in [6.07, 6.45) is 0. The highest BCUT2D eigenvalue weighted by Crippen LogP contribution is 2.21. The van der Waals surface area contributed by atoms with Gasteiger partial charge in [-0.3, -0.25) is 4.79 Å². The molecule has 1 saturated heterocycles. The maximum atomic E-state index is 12.4. The third-order valence-corrected chi connectivity index (χ3v) is 4.32. The van der Waals surface area contributed by atoms with Crippen molar-refractivity contribution >= 4 is 29.2 Å². The Morgan fingerprint density at radius 3 is 2.08 bits per heavy atom. The predicted molar refractivity (Wildman–Crippen MR) is 94.4 cm³/mol. The first-order valence-electron chi connectivity index (χ1n) is 7.80. The van der Waals surface area contributed by atoms with Gasteiger partial charge in [-0.1, -0.05) is 41.9 Å². The molecule has 2 aromatic carbocycles. The fraction of sp³-hybridized carbons (Fsp3) is 0.222. The molecule has 0 aromatic heterocycles. The van der Waals surface area contributed by atoms with Gasteiger partial charge in [0.1, 0.15) is 0 Å². The molecule has 1 aliphatic heterocycles. The topological polar surface area (TPSA) is 52.7 Å². The van der Waals surface area contributed by atoms with Gasteiger partial charge in [-0.2, -0.15) is 0 Å². The first-order valence-corrected chi connectivity index (χ1v) is 8.18. The number of benzene rings is 2. The van der Waals surface area contributed by atoms with Gasteiger partial charge in [0.15, 0.2) is 0 Å². The molecular formula is C18H18ClN3O2. The molecule has 24 heavy (non-hydrogen) atoms. The van der Waals surface area contributed by atoms with Crippen molar-refractivity contribution in [2.24, 2.45) is 0 Å². The summed E-state index contributed by atoms with van der Waals surface area (Å²) in [5, 5.41) is 3.31. The van der Waals surface area contributed by atoms with E-state index in [1.54, 1.807) is 34.1 Å². The van der Waals surface area contributed by atoms with E-state index in [9.17, 15) is 9.59 Å². The number of para-hydroxylation sites is 1. The summed E-state index contributed by atoms with van der Waals surface area (Å²) < 4.78 is 0. The van der Waals surface area contributed by atoms with Crippen LogP contribution in [-0.2, 0) is 0 Å². The van der Waals surface area contributed by atoms with Crippen molar-refractivity contribution in [1.29, 1.82) is 0 Å². The molecule has 0 atom stereocenters. The van der Waals surface area contributed by atoms with Crippen LogP contribution in [-0.4, -0.2) is 47.9 Å². The molecule has 0 unspecified atom stereocenters. The number of carbonyl (C=O) groups is 2. The number of piperazine rings is 1. The predicted octanol–water partition coefficient (Wildman–Crippen LogP) is 3.33. The van der Waals surface area contributed by atoms with Crippen LogP contribution < -0.4 is 5.32 Å². The average molecular weight is 344 g/mol. The lowest BCUT2D eigenvalue weighted by molar-refractivity contribution is 0.0671. The van der Waals surface area contributed by atoms with E-state index in [0.717, 1.165) is 0 Å². The fourth-order valence-corrected chi connectivity index (χ4v) is 2.82.